The second-order valence-electron chi connectivity index (χ2n) is 8.90. The minimum Gasteiger partial charge on any atom is -1.00 e. The van der Waals surface area contributed by atoms with Crippen LogP contribution in [0.1, 0.15) is 36.2 Å². The fourth-order valence-corrected chi connectivity index (χ4v) is 25.8. The molecule has 36 heavy (non-hydrogen) atoms. The monoisotopic (exact) mass is 606 g/mol. The first-order chi connectivity index (χ1) is 16.6. The van der Waals surface area contributed by atoms with E-state index in [1.807, 2.05) is 32.0 Å². The summed E-state index contributed by atoms with van der Waals surface area (Å²) in [6.45, 7) is 4.08. The molecule has 0 heterocycles. The summed E-state index contributed by atoms with van der Waals surface area (Å²) in [6.07, 6.45) is 4.63. The van der Waals surface area contributed by atoms with Gasteiger partial charge < -0.3 is 24.8 Å². The molecule has 1 amide bonds. The van der Waals surface area contributed by atoms with E-state index in [1.54, 1.807) is 0 Å². The maximum Gasteiger partial charge on any atom is -1.00 e. The molecule has 0 spiro atoms. The minimum atomic E-state index is -2.69. The number of rotatable bonds is 6. The van der Waals surface area contributed by atoms with Gasteiger partial charge in [-0.2, -0.15) is 0 Å². The van der Waals surface area contributed by atoms with Gasteiger partial charge in [0.05, 0.1) is 0 Å². The molecule has 0 fully saturated rings. The van der Waals surface area contributed by atoms with E-state index in [2.05, 4.69) is 100 Å². The number of halogens is 2. The summed E-state index contributed by atoms with van der Waals surface area (Å²) in [5.74, 6) is -1.57. The van der Waals surface area contributed by atoms with Gasteiger partial charge in [-0.1, -0.05) is 0 Å². The summed E-state index contributed by atoms with van der Waals surface area (Å²) < 4.78 is 4.09. The van der Waals surface area contributed by atoms with Gasteiger partial charge in [0.1, 0.15) is 0 Å². The van der Waals surface area contributed by atoms with Gasteiger partial charge in [0.15, 0.2) is 0 Å². The van der Waals surface area contributed by atoms with Crippen LogP contribution in [0.15, 0.2) is 109 Å². The largest absolute Gasteiger partial charge is 1.00 e. The Bertz CT molecular complexity index is 1290. The van der Waals surface area contributed by atoms with Crippen molar-refractivity contribution in [2.75, 3.05) is 0 Å². The first-order valence-corrected chi connectivity index (χ1v) is 20.4. The zero-order valence-corrected chi connectivity index (χ0v) is 25.4. The molecule has 4 aromatic carbocycles. The number of fused-ring (bicyclic) bond motifs is 1. The number of carbonyl (C=O) groups is 1. The molecule has 181 valence electrons. The maximum atomic E-state index is 13.9. The van der Waals surface area contributed by atoms with Crippen molar-refractivity contribution in [2.24, 2.45) is 0 Å². The molecule has 1 unspecified atom stereocenters. The van der Waals surface area contributed by atoms with E-state index in [1.165, 1.54) is 21.5 Å². The fourth-order valence-electron chi connectivity index (χ4n) is 5.06. The second-order valence-corrected chi connectivity index (χ2v) is 23.4. The van der Waals surface area contributed by atoms with Crippen LogP contribution >= 0.6 is 0 Å². The predicted octanol–water partition coefficient (Wildman–Crippen LogP) is -1.12. The molecular weight excluding hydrogens is 581 g/mol. The number of hydrogen-bond acceptors (Lipinski definition) is 1. The molecule has 2 nitrogen and oxygen atoms in total. The molecule has 4 aromatic rings. The van der Waals surface area contributed by atoms with Crippen molar-refractivity contribution in [2.45, 2.75) is 17.5 Å². The standard InChI is InChI=1S/C12H11Si.C9H11NO.C9H7.2ClH.Zr/c1-3-7-11(8-4-1)13-12-9-5-2-6-10-12;1-6-4-3-5-7(2)8(6)9(10)11;1-2-5-9-7-3-6-8(9)4-1;;;/h1-10,13H;3-5H,1-2H3,(H2,10,11);1-7H;2*1H;/q;;;;;+3/p-3. The molecule has 0 bridgehead atoms. The molecule has 6 heteroatoms. The number of hydrogen-bond donors (Lipinski definition) is 1. The van der Waals surface area contributed by atoms with Crippen LogP contribution in [0.2, 0.25) is 0 Å². The van der Waals surface area contributed by atoms with E-state index in [0.717, 1.165) is 16.7 Å². The molecule has 1 atom stereocenters. The zero-order chi connectivity index (χ0) is 23.5. The Morgan fingerprint density at radius 3 is 1.83 bits per heavy atom. The van der Waals surface area contributed by atoms with Crippen molar-refractivity contribution in [3.63, 3.8) is 0 Å². The van der Waals surface area contributed by atoms with Crippen LogP contribution in [0.5, 0.6) is 0 Å². The quantitative estimate of drug-likeness (QED) is 0.277. The Kier molecular flexibility index (Phi) is 10.1. The Morgan fingerprint density at radius 2 is 1.25 bits per heavy atom. The van der Waals surface area contributed by atoms with Crippen molar-refractivity contribution in [3.8, 4) is 0 Å². The molecule has 0 aliphatic heterocycles. The van der Waals surface area contributed by atoms with Crippen LogP contribution in [0.3, 0.4) is 0 Å². The first-order valence-electron chi connectivity index (χ1n) is 11.7. The van der Waals surface area contributed by atoms with Gasteiger partial charge >= 0.3 is 212 Å². The number of benzene rings is 4. The van der Waals surface area contributed by atoms with Crippen LogP contribution in [0, 0.1) is 13.8 Å². The van der Waals surface area contributed by atoms with Gasteiger partial charge in [-0.3, -0.25) is 0 Å². The van der Waals surface area contributed by atoms with Crippen LogP contribution < -0.4 is 38.4 Å². The van der Waals surface area contributed by atoms with Gasteiger partial charge in [0.25, 0.3) is 0 Å². The van der Waals surface area contributed by atoms with Crippen LogP contribution in [0.4, 0.5) is 0 Å². The molecule has 1 aliphatic rings. The second kappa shape index (κ2) is 12.8. The number of carbonyl (C=O) groups excluding carboxylic acids is 1. The SMILES string of the molecule is Cc1cccc(C)c1C(=O)[NH][Zr+2]([CH]1C=Cc2ccccc21)[SiH](c1ccccc1)c1ccccc1.[Cl-].[Cl-]. The number of amides is 1. The van der Waals surface area contributed by atoms with Crippen LogP contribution in [-0.2, 0) is 21.2 Å². The molecule has 0 radical (unpaired) electrons. The summed E-state index contributed by atoms with van der Waals surface area (Å²) in [7, 11) is 0. The van der Waals surface area contributed by atoms with Gasteiger partial charge in [0, 0.05) is 0 Å². The average Bonchev–Trinajstić information content (AvgIpc) is 3.29. The van der Waals surface area contributed by atoms with E-state index in [9.17, 15) is 4.79 Å². The van der Waals surface area contributed by atoms with E-state index in [-0.39, 0.29) is 30.7 Å². The Morgan fingerprint density at radius 1 is 0.722 bits per heavy atom. The number of allylic oxidation sites excluding steroid dienone is 1. The molecule has 1 aliphatic carbocycles. The summed E-state index contributed by atoms with van der Waals surface area (Å²) in [4.78, 5) is 13.9. The normalized spacial score (nSPS) is 13.4. The zero-order valence-electron chi connectivity index (χ0n) is 20.3. The third kappa shape index (κ3) is 5.84. The first kappa shape index (κ1) is 28.3. The Labute approximate surface area is 235 Å². The summed E-state index contributed by atoms with van der Waals surface area (Å²) in [6, 6.07) is 36.7. The van der Waals surface area contributed by atoms with Gasteiger partial charge in [-0.25, -0.2) is 0 Å². The third-order valence-electron chi connectivity index (χ3n) is 6.68. The fraction of sp³-hybridized carbons (Fsp3) is 0.100. The summed E-state index contributed by atoms with van der Waals surface area (Å²) in [5.41, 5.74) is 5.59. The van der Waals surface area contributed by atoms with Crippen molar-refractivity contribution < 1.29 is 50.8 Å². The van der Waals surface area contributed by atoms with E-state index in [4.69, 9.17) is 0 Å². The number of nitrogens with one attached hydrogen (secondary N) is 1. The van der Waals surface area contributed by atoms with E-state index >= 15 is 0 Å². The van der Waals surface area contributed by atoms with E-state index in [0.29, 0.717) is 3.63 Å². The van der Waals surface area contributed by atoms with Crippen LogP contribution in [0.25, 0.3) is 6.08 Å². The Hall–Kier alpha value is -2.23. The number of aryl methyl sites for hydroxylation is 2. The van der Waals surface area contributed by atoms with Gasteiger partial charge in [0.2, 0.25) is 0 Å². The van der Waals surface area contributed by atoms with Gasteiger partial charge in [-0.05, 0) is 0 Å². The molecule has 0 aromatic heterocycles. The molecule has 0 saturated heterocycles. The molecular formula is C30H28Cl2NOSiZr. The van der Waals surface area contributed by atoms with Crippen molar-refractivity contribution >= 4 is 28.3 Å². The minimum absolute atomic E-state index is 0. The smallest absolute Gasteiger partial charge is 1.00 e. The topological polar surface area (TPSA) is 29.1 Å². The molecule has 1 N–H and O–H groups in total. The molecule has 0 saturated carbocycles. The predicted molar refractivity (Wildman–Crippen MR) is 141 cm³/mol. The Balaban J connectivity index is 0.00000180. The van der Waals surface area contributed by atoms with Crippen molar-refractivity contribution in [1.82, 2.24) is 3.26 Å². The average molecular weight is 609 g/mol. The van der Waals surface area contributed by atoms with Gasteiger partial charge in [-0.15, -0.1) is 0 Å². The third-order valence-corrected chi connectivity index (χ3v) is 26.0. The van der Waals surface area contributed by atoms with E-state index < -0.39 is 27.1 Å². The maximum absolute atomic E-state index is 13.9. The van der Waals surface area contributed by atoms with Crippen molar-refractivity contribution in [3.05, 3.63) is 137 Å². The van der Waals surface area contributed by atoms with Crippen LogP contribution in [-0.4, -0.2) is 11.8 Å². The van der Waals surface area contributed by atoms with Crippen molar-refractivity contribution in [1.29, 1.82) is 0 Å². The summed E-state index contributed by atoms with van der Waals surface area (Å²) >= 11 is -2.69. The molecule has 5 rings (SSSR count). The summed E-state index contributed by atoms with van der Waals surface area (Å²) in [5, 5.41) is 2.84.